The fourth-order valence-corrected chi connectivity index (χ4v) is 1.69. The maximum atomic E-state index is 5.54. The molecule has 2 unspecified atom stereocenters. The molecule has 1 aliphatic heterocycles. The molecule has 10 heavy (non-hydrogen) atoms. The van der Waals surface area contributed by atoms with Crippen molar-refractivity contribution in [3.05, 3.63) is 9.47 Å². The zero-order valence-electron chi connectivity index (χ0n) is 5.81. The van der Waals surface area contributed by atoms with Crippen molar-refractivity contribution in [2.45, 2.75) is 32.0 Å². The van der Waals surface area contributed by atoms with Crippen molar-refractivity contribution in [3.63, 3.8) is 0 Å². The van der Waals surface area contributed by atoms with Crippen LogP contribution in [-0.4, -0.2) is 12.2 Å². The number of hydrogen-bond acceptors (Lipinski definition) is 1. The summed E-state index contributed by atoms with van der Waals surface area (Å²) >= 11 is 6.60. The second-order valence-corrected chi connectivity index (χ2v) is 5.29. The van der Waals surface area contributed by atoms with Gasteiger partial charge in [0.05, 0.1) is 15.6 Å². The summed E-state index contributed by atoms with van der Waals surface area (Å²) in [5, 5.41) is 0. The van der Waals surface area contributed by atoms with Crippen LogP contribution in [0.15, 0.2) is 9.47 Å². The Morgan fingerprint density at radius 3 is 2.60 bits per heavy atom. The van der Waals surface area contributed by atoms with E-state index in [2.05, 4.69) is 38.8 Å². The molecular formula is C7H10Br2O. The van der Waals surface area contributed by atoms with Gasteiger partial charge < -0.3 is 4.74 Å². The number of rotatable bonds is 1. The van der Waals surface area contributed by atoms with Crippen LogP contribution in [0.2, 0.25) is 0 Å². The highest BCUT2D eigenvalue weighted by atomic mass is 79.9. The summed E-state index contributed by atoms with van der Waals surface area (Å²) in [7, 11) is 0. The molecular weight excluding hydrogens is 260 g/mol. The maximum Gasteiger partial charge on any atom is 0.0779 e. The minimum absolute atomic E-state index is 0.309. The lowest BCUT2D eigenvalue weighted by Crippen LogP contribution is -2.04. The highest BCUT2D eigenvalue weighted by Gasteiger charge is 2.19. The fourth-order valence-electron chi connectivity index (χ4n) is 1.10. The topological polar surface area (TPSA) is 9.23 Å². The van der Waals surface area contributed by atoms with E-state index in [1.165, 1.54) is 6.42 Å². The van der Waals surface area contributed by atoms with Crippen molar-refractivity contribution >= 4 is 31.9 Å². The molecule has 1 nitrogen and oxygen atoms in total. The van der Waals surface area contributed by atoms with Crippen molar-refractivity contribution in [2.75, 3.05) is 0 Å². The summed E-state index contributed by atoms with van der Waals surface area (Å²) in [6, 6.07) is 0. The molecule has 0 saturated carbocycles. The Hall–Kier alpha value is 0.660. The summed E-state index contributed by atoms with van der Waals surface area (Å²) in [6.45, 7) is 2.11. The lowest BCUT2D eigenvalue weighted by atomic mass is 10.2. The van der Waals surface area contributed by atoms with Crippen LogP contribution in [0, 0.1) is 0 Å². The van der Waals surface area contributed by atoms with Gasteiger partial charge in [0.15, 0.2) is 0 Å². The van der Waals surface area contributed by atoms with E-state index in [0.29, 0.717) is 12.2 Å². The van der Waals surface area contributed by atoms with Crippen molar-refractivity contribution in [2.24, 2.45) is 0 Å². The van der Waals surface area contributed by atoms with Crippen molar-refractivity contribution < 1.29 is 4.74 Å². The Kier molecular flexibility index (Phi) is 3.40. The molecule has 3 heteroatoms. The first-order valence-electron chi connectivity index (χ1n) is 3.37. The van der Waals surface area contributed by atoms with E-state index in [0.717, 1.165) is 9.81 Å². The molecule has 0 amide bonds. The zero-order valence-corrected chi connectivity index (χ0v) is 8.98. The Bertz CT molecular complexity index is 141. The van der Waals surface area contributed by atoms with Crippen LogP contribution in [0.3, 0.4) is 0 Å². The van der Waals surface area contributed by atoms with E-state index in [4.69, 9.17) is 4.74 Å². The Morgan fingerprint density at radius 1 is 1.50 bits per heavy atom. The van der Waals surface area contributed by atoms with Crippen LogP contribution in [-0.2, 0) is 4.74 Å². The molecule has 0 bridgehead atoms. The molecule has 2 atom stereocenters. The Labute approximate surface area is 78.1 Å². The van der Waals surface area contributed by atoms with Crippen LogP contribution >= 0.6 is 31.9 Å². The van der Waals surface area contributed by atoms with Gasteiger partial charge in [-0.15, -0.1) is 0 Å². The molecule has 58 valence electrons. The molecule has 1 heterocycles. The predicted octanol–water partition coefficient (Wildman–Crippen LogP) is 3.19. The molecule has 0 radical (unpaired) electrons. The molecule has 1 fully saturated rings. The minimum atomic E-state index is 0.309. The molecule has 1 rings (SSSR count). The lowest BCUT2D eigenvalue weighted by Gasteiger charge is -2.04. The van der Waals surface area contributed by atoms with Crippen LogP contribution in [0.4, 0.5) is 0 Å². The second kappa shape index (κ2) is 3.88. The lowest BCUT2D eigenvalue weighted by molar-refractivity contribution is 0.0834. The van der Waals surface area contributed by atoms with Crippen LogP contribution < -0.4 is 0 Å². The van der Waals surface area contributed by atoms with E-state index in [1.807, 2.05) is 6.08 Å². The number of halogens is 2. The SMILES string of the molecule is CC1CCC(C=C(Br)Br)O1. The summed E-state index contributed by atoms with van der Waals surface area (Å²) in [5.74, 6) is 0. The van der Waals surface area contributed by atoms with Crippen LogP contribution in [0.5, 0.6) is 0 Å². The van der Waals surface area contributed by atoms with Gasteiger partial charge in [0, 0.05) is 0 Å². The smallest absolute Gasteiger partial charge is 0.0779 e. The molecule has 0 aromatic carbocycles. The van der Waals surface area contributed by atoms with Gasteiger partial charge in [0.1, 0.15) is 0 Å². The first kappa shape index (κ1) is 8.75. The Morgan fingerprint density at radius 2 is 2.20 bits per heavy atom. The van der Waals surface area contributed by atoms with E-state index in [1.54, 1.807) is 0 Å². The molecule has 0 aromatic rings. The molecule has 1 aliphatic rings. The van der Waals surface area contributed by atoms with Crippen LogP contribution in [0.25, 0.3) is 0 Å². The normalized spacial score (nSPS) is 32.3. The molecule has 0 spiro atoms. The van der Waals surface area contributed by atoms with Gasteiger partial charge in [-0.1, -0.05) is 0 Å². The third kappa shape index (κ3) is 2.72. The second-order valence-electron chi connectivity index (χ2n) is 2.52. The van der Waals surface area contributed by atoms with E-state index in [-0.39, 0.29) is 0 Å². The fraction of sp³-hybridized carbons (Fsp3) is 0.714. The minimum Gasteiger partial charge on any atom is -0.371 e. The largest absolute Gasteiger partial charge is 0.371 e. The average molecular weight is 270 g/mol. The number of ether oxygens (including phenoxy) is 1. The number of hydrogen-bond donors (Lipinski definition) is 0. The maximum absolute atomic E-state index is 5.54. The van der Waals surface area contributed by atoms with Gasteiger partial charge in [-0.25, -0.2) is 0 Å². The van der Waals surface area contributed by atoms with Gasteiger partial charge in [-0.05, 0) is 57.7 Å². The first-order chi connectivity index (χ1) is 4.68. The highest BCUT2D eigenvalue weighted by Crippen LogP contribution is 2.24. The first-order valence-corrected chi connectivity index (χ1v) is 4.95. The van der Waals surface area contributed by atoms with E-state index >= 15 is 0 Å². The quantitative estimate of drug-likeness (QED) is 0.711. The predicted molar refractivity (Wildman–Crippen MR) is 49.5 cm³/mol. The summed E-state index contributed by atoms with van der Waals surface area (Å²) in [4.78, 5) is 0. The summed E-state index contributed by atoms with van der Waals surface area (Å²) < 4.78 is 6.52. The van der Waals surface area contributed by atoms with Gasteiger partial charge in [-0.3, -0.25) is 0 Å². The standard InChI is InChI=1S/C7H10Br2O/c1-5-2-3-6(10-5)4-7(8)9/h4-6H,2-3H2,1H3. The van der Waals surface area contributed by atoms with Crippen molar-refractivity contribution in [1.82, 2.24) is 0 Å². The highest BCUT2D eigenvalue weighted by molar-refractivity contribution is 9.28. The molecule has 1 saturated heterocycles. The van der Waals surface area contributed by atoms with Crippen molar-refractivity contribution in [3.8, 4) is 0 Å². The average Bonchev–Trinajstić information content (AvgIpc) is 2.13. The zero-order chi connectivity index (χ0) is 7.56. The van der Waals surface area contributed by atoms with Crippen LogP contribution in [0.1, 0.15) is 19.8 Å². The monoisotopic (exact) mass is 268 g/mol. The third-order valence-electron chi connectivity index (χ3n) is 1.58. The third-order valence-corrected chi connectivity index (χ3v) is 2.11. The van der Waals surface area contributed by atoms with Gasteiger partial charge >= 0.3 is 0 Å². The Balaban J connectivity index is 2.38. The summed E-state index contributed by atoms with van der Waals surface area (Å²) in [6.07, 6.45) is 5.10. The van der Waals surface area contributed by atoms with Crippen molar-refractivity contribution in [1.29, 1.82) is 0 Å². The van der Waals surface area contributed by atoms with E-state index < -0.39 is 0 Å². The van der Waals surface area contributed by atoms with Gasteiger partial charge in [0.2, 0.25) is 0 Å². The van der Waals surface area contributed by atoms with Gasteiger partial charge in [-0.2, -0.15) is 0 Å². The molecule has 0 aromatic heterocycles. The molecule has 0 N–H and O–H groups in total. The summed E-state index contributed by atoms with van der Waals surface area (Å²) in [5.41, 5.74) is 0. The molecule has 0 aliphatic carbocycles. The van der Waals surface area contributed by atoms with E-state index in [9.17, 15) is 0 Å². The van der Waals surface area contributed by atoms with Gasteiger partial charge in [0.25, 0.3) is 0 Å².